The van der Waals surface area contributed by atoms with Crippen molar-refractivity contribution in [3.05, 3.63) is 49.5 Å². The van der Waals surface area contributed by atoms with Gasteiger partial charge >= 0.3 is 6.03 Å². The molecular weight excluding hydrogens is 464 g/mol. The van der Waals surface area contributed by atoms with Crippen molar-refractivity contribution in [3.8, 4) is 0 Å². The zero-order chi connectivity index (χ0) is 24.7. The normalized spacial score (nSPS) is 22.2. The average Bonchev–Trinajstić information content (AvgIpc) is 3.43. The molecule has 3 amide bonds. The fourth-order valence-corrected chi connectivity index (χ4v) is 6.27. The number of aromatic nitrogens is 1. The Morgan fingerprint density at radius 1 is 0.971 bits per heavy atom. The molecule has 0 radical (unpaired) electrons. The second-order valence-corrected chi connectivity index (χ2v) is 10.1. The first-order chi connectivity index (χ1) is 17.0. The minimum absolute atomic E-state index is 0.0893. The molecule has 4 heterocycles. The van der Waals surface area contributed by atoms with Crippen LogP contribution in [0.2, 0.25) is 0 Å². The van der Waals surface area contributed by atoms with E-state index in [1.54, 1.807) is 9.80 Å². The molecular formula is C25H32N6O3S. The molecule has 35 heavy (non-hydrogen) atoms. The molecule has 1 aromatic heterocycles. The Balaban J connectivity index is 1.56. The second kappa shape index (κ2) is 9.49. The third-order valence-corrected chi connectivity index (χ3v) is 8.09. The summed E-state index contributed by atoms with van der Waals surface area (Å²) < 4.78 is 1.80. The van der Waals surface area contributed by atoms with Crippen molar-refractivity contribution in [2.75, 3.05) is 30.0 Å². The van der Waals surface area contributed by atoms with E-state index >= 15 is 0 Å². The number of para-hydroxylation sites is 1. The SMILES string of the molecule is CCCCCCCN1C(=O)/C(=c2\sc3n(c2=O)NC2C(N=3)N(CC)C(=O)N2CC)c2ccccc21. The largest absolute Gasteiger partial charge is 0.323 e. The Kier molecular flexibility index (Phi) is 6.39. The number of hydrogen-bond acceptors (Lipinski definition) is 6. The lowest BCUT2D eigenvalue weighted by Gasteiger charge is -2.28. The van der Waals surface area contributed by atoms with Gasteiger partial charge in [0, 0.05) is 25.2 Å². The van der Waals surface area contributed by atoms with Gasteiger partial charge in [-0.25, -0.2) is 9.79 Å². The maximum absolute atomic E-state index is 13.6. The average molecular weight is 497 g/mol. The maximum atomic E-state index is 13.6. The van der Waals surface area contributed by atoms with Crippen molar-refractivity contribution in [2.45, 2.75) is 65.2 Å². The Morgan fingerprint density at radius 2 is 1.71 bits per heavy atom. The summed E-state index contributed by atoms with van der Waals surface area (Å²) in [4.78, 5) is 50.4. The number of nitrogens with one attached hydrogen (secondary N) is 1. The summed E-state index contributed by atoms with van der Waals surface area (Å²) in [5.41, 5.74) is 5.02. The predicted molar refractivity (Wildman–Crippen MR) is 137 cm³/mol. The minimum atomic E-state index is -0.420. The van der Waals surface area contributed by atoms with Crippen LogP contribution in [-0.2, 0) is 4.79 Å². The number of unbranched alkanes of at least 4 members (excludes halogenated alkanes) is 4. The van der Waals surface area contributed by atoms with Crippen molar-refractivity contribution in [1.29, 1.82) is 0 Å². The summed E-state index contributed by atoms with van der Waals surface area (Å²) in [5.74, 6) is -0.126. The molecule has 9 nitrogen and oxygen atoms in total. The number of anilines is 1. The van der Waals surface area contributed by atoms with Gasteiger partial charge in [-0.15, -0.1) is 0 Å². The van der Waals surface area contributed by atoms with Gasteiger partial charge in [-0.3, -0.25) is 24.8 Å². The van der Waals surface area contributed by atoms with Gasteiger partial charge in [-0.05, 0) is 26.3 Å². The van der Waals surface area contributed by atoms with E-state index in [9.17, 15) is 14.4 Å². The standard InChI is InChI=1S/C25H32N6O3S/c1-4-7-8-9-12-15-30-17-14-11-10-13-16(17)18(22(30)32)19-23(33)31-24(35-19)26-20-21(27-31)29(6-3)25(34)28(20)5-2/h10-11,13-14,20-21,27H,4-9,12,15H2,1-3H3/b19-18-. The Morgan fingerprint density at radius 3 is 2.46 bits per heavy atom. The molecule has 1 aromatic carbocycles. The van der Waals surface area contributed by atoms with Gasteiger partial charge in [0.15, 0.2) is 12.3 Å². The van der Waals surface area contributed by atoms with Gasteiger partial charge in [-0.2, -0.15) is 4.68 Å². The van der Waals surface area contributed by atoms with Gasteiger partial charge < -0.3 is 4.90 Å². The van der Waals surface area contributed by atoms with Gasteiger partial charge in [0.25, 0.3) is 11.5 Å². The number of fused-ring (bicyclic) bond motifs is 3. The van der Waals surface area contributed by atoms with E-state index in [0.29, 0.717) is 34.5 Å². The number of hydrogen-bond donors (Lipinski definition) is 1. The van der Waals surface area contributed by atoms with E-state index in [1.807, 2.05) is 43.0 Å². The third kappa shape index (κ3) is 3.74. The number of thiazole rings is 1. The van der Waals surface area contributed by atoms with E-state index in [4.69, 9.17) is 4.99 Å². The van der Waals surface area contributed by atoms with Crippen LogP contribution in [0.3, 0.4) is 0 Å². The first-order valence-corrected chi connectivity index (χ1v) is 13.4. The highest BCUT2D eigenvalue weighted by Crippen LogP contribution is 2.35. The van der Waals surface area contributed by atoms with Crippen molar-refractivity contribution in [1.82, 2.24) is 14.5 Å². The molecule has 0 spiro atoms. The van der Waals surface area contributed by atoms with Crippen LogP contribution in [0.4, 0.5) is 10.5 Å². The predicted octanol–water partition coefficient (Wildman–Crippen LogP) is 2.03. The lowest BCUT2D eigenvalue weighted by molar-refractivity contribution is -0.113. The molecule has 2 atom stereocenters. The molecule has 186 valence electrons. The van der Waals surface area contributed by atoms with Crippen LogP contribution in [0, 0.1) is 0 Å². The van der Waals surface area contributed by atoms with Crippen LogP contribution >= 0.6 is 11.3 Å². The molecule has 0 aliphatic carbocycles. The van der Waals surface area contributed by atoms with E-state index in [0.717, 1.165) is 30.5 Å². The first-order valence-electron chi connectivity index (χ1n) is 12.6. The van der Waals surface area contributed by atoms with Crippen molar-refractivity contribution < 1.29 is 9.59 Å². The third-order valence-electron chi connectivity index (χ3n) is 7.03. The molecule has 2 aromatic rings. The number of carbonyl (C=O) groups is 2. The Labute approximate surface area is 208 Å². The van der Waals surface area contributed by atoms with Crippen molar-refractivity contribution in [2.24, 2.45) is 4.99 Å². The first kappa shape index (κ1) is 23.6. The monoisotopic (exact) mass is 496 g/mol. The Hall–Kier alpha value is -3.14. The fraction of sp³-hybridized carbons (Fsp3) is 0.520. The molecule has 1 fully saturated rings. The number of rotatable bonds is 8. The lowest BCUT2D eigenvalue weighted by Crippen LogP contribution is -2.55. The summed E-state index contributed by atoms with van der Waals surface area (Å²) in [5, 5.41) is 0. The highest BCUT2D eigenvalue weighted by atomic mass is 32.1. The topological polar surface area (TPSA) is 90.2 Å². The quantitative estimate of drug-likeness (QED) is 0.567. The molecule has 0 saturated carbocycles. The highest BCUT2D eigenvalue weighted by molar-refractivity contribution is 7.07. The summed E-state index contributed by atoms with van der Waals surface area (Å²) in [6, 6.07) is 7.61. The molecule has 1 saturated heterocycles. The summed E-state index contributed by atoms with van der Waals surface area (Å²) in [6.07, 6.45) is 4.73. The Bertz CT molecular complexity index is 1330. The molecule has 0 bridgehead atoms. The van der Waals surface area contributed by atoms with Crippen LogP contribution in [0.25, 0.3) is 5.57 Å². The maximum Gasteiger partial charge on any atom is 0.323 e. The summed E-state index contributed by atoms with van der Waals surface area (Å²) in [7, 11) is 0. The van der Waals surface area contributed by atoms with Gasteiger partial charge in [0.2, 0.25) is 4.80 Å². The van der Waals surface area contributed by atoms with E-state index in [1.165, 1.54) is 28.9 Å². The van der Waals surface area contributed by atoms with Crippen LogP contribution < -0.4 is 25.2 Å². The molecule has 1 N–H and O–H groups in total. The van der Waals surface area contributed by atoms with Crippen LogP contribution in [-0.4, -0.2) is 58.4 Å². The van der Waals surface area contributed by atoms with Gasteiger partial charge in [0.1, 0.15) is 4.53 Å². The van der Waals surface area contributed by atoms with Crippen LogP contribution in [0.15, 0.2) is 34.1 Å². The number of benzene rings is 1. The number of likely N-dealkylation sites (N-methyl/N-ethyl adjacent to an activating group) is 2. The smallest absolute Gasteiger partial charge is 0.308 e. The van der Waals surface area contributed by atoms with E-state index in [2.05, 4.69) is 12.3 Å². The summed E-state index contributed by atoms with van der Waals surface area (Å²) in [6.45, 7) is 7.70. The van der Waals surface area contributed by atoms with E-state index < -0.39 is 12.3 Å². The minimum Gasteiger partial charge on any atom is -0.308 e. The molecule has 5 rings (SSSR count). The van der Waals surface area contributed by atoms with Crippen LogP contribution in [0.5, 0.6) is 0 Å². The summed E-state index contributed by atoms with van der Waals surface area (Å²) >= 11 is 1.22. The fourth-order valence-electron chi connectivity index (χ4n) is 5.22. The van der Waals surface area contributed by atoms with Crippen molar-refractivity contribution >= 4 is 34.5 Å². The highest BCUT2D eigenvalue weighted by Gasteiger charge is 2.47. The second-order valence-electron chi connectivity index (χ2n) is 9.09. The number of nitrogens with zero attached hydrogens (tertiary/aromatic N) is 5. The van der Waals surface area contributed by atoms with Gasteiger partial charge in [-0.1, -0.05) is 62.1 Å². The number of amides is 3. The molecule has 3 aliphatic heterocycles. The van der Waals surface area contributed by atoms with E-state index in [-0.39, 0.29) is 17.5 Å². The van der Waals surface area contributed by atoms with Crippen molar-refractivity contribution in [3.63, 3.8) is 0 Å². The van der Waals surface area contributed by atoms with Crippen LogP contribution in [0.1, 0.15) is 58.4 Å². The zero-order valence-corrected chi connectivity index (χ0v) is 21.3. The molecule has 3 aliphatic rings. The molecule has 2 unspecified atom stereocenters. The lowest BCUT2D eigenvalue weighted by atomic mass is 10.1. The number of urea groups is 1. The van der Waals surface area contributed by atoms with Gasteiger partial charge in [0.05, 0.1) is 11.3 Å². The molecule has 10 heteroatoms. The zero-order valence-electron chi connectivity index (χ0n) is 20.5. The number of carbonyl (C=O) groups excluding carboxylic acids is 2.